The Kier molecular flexibility index (Phi) is 5.42. The second kappa shape index (κ2) is 7.50. The fourth-order valence-corrected chi connectivity index (χ4v) is 6.67. The molecule has 0 spiro atoms. The summed E-state index contributed by atoms with van der Waals surface area (Å²) in [6.07, 6.45) is 4.03. The van der Waals surface area contributed by atoms with E-state index < -0.39 is 5.97 Å². The first-order valence-electron chi connectivity index (χ1n) is 12.2. The quantitative estimate of drug-likeness (QED) is 0.675. The number of carboxylic acid groups (broad SMARTS) is 1. The molecular weight excluding hydrogens is 402 g/mol. The Labute approximate surface area is 192 Å². The van der Waals surface area contributed by atoms with Gasteiger partial charge in [-0.05, 0) is 66.0 Å². The molecule has 2 fully saturated rings. The van der Waals surface area contributed by atoms with Crippen LogP contribution in [0.2, 0.25) is 0 Å². The molecule has 0 aromatic heterocycles. The molecule has 2 N–H and O–H groups in total. The first-order valence-corrected chi connectivity index (χ1v) is 12.2. The number of piperidine rings is 1. The number of nitrogens with zero attached hydrogens (tertiary/aromatic N) is 1. The van der Waals surface area contributed by atoms with Crippen LogP contribution in [-0.2, 0) is 26.8 Å². The predicted molar refractivity (Wildman–Crippen MR) is 125 cm³/mol. The topological polar surface area (TPSA) is 77.8 Å². The van der Waals surface area contributed by atoms with Gasteiger partial charge in [-0.1, -0.05) is 53.7 Å². The van der Waals surface area contributed by atoms with Gasteiger partial charge in [0.1, 0.15) is 5.75 Å². The minimum Gasteiger partial charge on any atom is -0.507 e. The maximum atomic E-state index is 13.7. The summed E-state index contributed by atoms with van der Waals surface area (Å²) in [5, 5.41) is 20.6. The predicted octanol–water partition coefficient (Wildman–Crippen LogP) is 5.02. The average molecular weight is 442 g/mol. The molecule has 5 nitrogen and oxygen atoms in total. The van der Waals surface area contributed by atoms with Crippen molar-refractivity contribution in [3.63, 3.8) is 0 Å². The van der Waals surface area contributed by atoms with E-state index in [0.717, 1.165) is 24.1 Å². The highest BCUT2D eigenvalue weighted by Gasteiger charge is 2.58. The van der Waals surface area contributed by atoms with Gasteiger partial charge in [0.05, 0.1) is 5.92 Å². The number of carboxylic acids is 1. The summed E-state index contributed by atoms with van der Waals surface area (Å²) < 4.78 is 0. The van der Waals surface area contributed by atoms with Gasteiger partial charge in [-0.25, -0.2) is 0 Å². The fourth-order valence-electron chi connectivity index (χ4n) is 6.67. The van der Waals surface area contributed by atoms with Crippen molar-refractivity contribution in [2.45, 2.75) is 96.9 Å². The van der Waals surface area contributed by atoms with Gasteiger partial charge in [-0.3, -0.25) is 9.59 Å². The second-order valence-electron chi connectivity index (χ2n) is 12.2. The van der Waals surface area contributed by atoms with Crippen LogP contribution >= 0.6 is 0 Å². The summed E-state index contributed by atoms with van der Waals surface area (Å²) in [4.78, 5) is 27.1. The van der Waals surface area contributed by atoms with E-state index in [0.29, 0.717) is 37.9 Å². The van der Waals surface area contributed by atoms with Crippen LogP contribution in [0.5, 0.6) is 5.75 Å². The number of carbonyl (C=O) groups excluding carboxylic acids is 1. The Bertz CT molecular complexity index is 936. The van der Waals surface area contributed by atoms with E-state index in [1.165, 1.54) is 5.56 Å². The zero-order valence-corrected chi connectivity index (χ0v) is 20.5. The molecule has 176 valence electrons. The van der Waals surface area contributed by atoms with Crippen molar-refractivity contribution in [1.82, 2.24) is 4.90 Å². The van der Waals surface area contributed by atoms with Crippen LogP contribution in [0.1, 0.15) is 90.3 Å². The van der Waals surface area contributed by atoms with E-state index in [9.17, 15) is 19.8 Å². The van der Waals surface area contributed by atoms with Crippen LogP contribution in [0, 0.1) is 17.3 Å². The van der Waals surface area contributed by atoms with Crippen molar-refractivity contribution in [2.75, 3.05) is 6.54 Å². The van der Waals surface area contributed by atoms with Crippen LogP contribution in [0.15, 0.2) is 12.1 Å². The molecule has 2 atom stereocenters. The third-order valence-electron chi connectivity index (χ3n) is 9.28. The van der Waals surface area contributed by atoms with Crippen molar-refractivity contribution in [3.05, 3.63) is 28.8 Å². The minimum atomic E-state index is -0.736. The van der Waals surface area contributed by atoms with E-state index in [-0.39, 0.29) is 40.0 Å². The second-order valence-corrected chi connectivity index (χ2v) is 12.2. The fraction of sp³-hybridized carbons (Fsp3) is 0.704. The zero-order valence-electron chi connectivity index (χ0n) is 20.5. The Balaban J connectivity index is 1.67. The molecule has 1 aromatic rings. The highest BCUT2D eigenvalue weighted by atomic mass is 16.4. The number of aromatic hydroxyl groups is 1. The summed E-state index contributed by atoms with van der Waals surface area (Å²) in [5.74, 6) is -0.544. The van der Waals surface area contributed by atoms with Crippen molar-refractivity contribution in [1.29, 1.82) is 0 Å². The first-order chi connectivity index (χ1) is 14.8. The van der Waals surface area contributed by atoms with Gasteiger partial charge in [0, 0.05) is 23.9 Å². The Morgan fingerprint density at radius 3 is 2.19 bits per heavy atom. The van der Waals surface area contributed by atoms with E-state index >= 15 is 0 Å². The maximum Gasteiger partial charge on any atom is 0.306 e. The van der Waals surface area contributed by atoms with Crippen LogP contribution < -0.4 is 0 Å². The highest BCUT2D eigenvalue weighted by molar-refractivity contribution is 5.80. The lowest BCUT2D eigenvalue weighted by atomic mass is 9.50. The summed E-state index contributed by atoms with van der Waals surface area (Å²) in [6.45, 7) is 13.9. The number of likely N-dealkylation sites (tertiary alicyclic amines) is 1. The normalized spacial score (nSPS) is 31.7. The standard InChI is InChI=1S/C27H39NO4/c1-25(2,3)20-12-11-19-18(22(20)29)15-21-26(4,5)27(19,6)13-14-28(21)23(30)16-7-9-17(10-8-16)24(31)32/h11-12,16-17,21,29H,7-10,13-15H2,1-6H3,(H,31,32)/t16-,17+,21-,27+/m1/s1. The molecule has 0 radical (unpaired) electrons. The maximum absolute atomic E-state index is 13.7. The lowest BCUT2D eigenvalue weighted by Crippen LogP contribution is -2.65. The van der Waals surface area contributed by atoms with Gasteiger partial charge in [0.2, 0.25) is 5.91 Å². The number of amides is 1. The molecule has 5 heteroatoms. The summed E-state index contributed by atoms with van der Waals surface area (Å²) in [5.41, 5.74) is 2.82. The molecular formula is C27H39NO4. The first kappa shape index (κ1) is 23.1. The molecule has 2 aliphatic carbocycles. The molecule has 32 heavy (non-hydrogen) atoms. The molecule has 3 aliphatic rings. The van der Waals surface area contributed by atoms with Crippen molar-refractivity contribution >= 4 is 11.9 Å². The van der Waals surface area contributed by atoms with Gasteiger partial charge < -0.3 is 15.1 Å². The van der Waals surface area contributed by atoms with Gasteiger partial charge in [-0.15, -0.1) is 0 Å². The Morgan fingerprint density at radius 1 is 1.03 bits per heavy atom. The van der Waals surface area contributed by atoms with Crippen LogP contribution in [-0.4, -0.2) is 39.6 Å². The number of benzene rings is 1. The van der Waals surface area contributed by atoms with Gasteiger partial charge in [0.15, 0.2) is 0 Å². The minimum absolute atomic E-state index is 0.0274. The summed E-state index contributed by atoms with van der Waals surface area (Å²) in [7, 11) is 0. The Morgan fingerprint density at radius 2 is 1.62 bits per heavy atom. The molecule has 2 bridgehead atoms. The third-order valence-corrected chi connectivity index (χ3v) is 9.28. The number of fused-ring (bicyclic) bond motifs is 4. The average Bonchev–Trinajstić information content (AvgIpc) is 2.70. The summed E-state index contributed by atoms with van der Waals surface area (Å²) in [6, 6.07) is 4.34. The number of hydrogen-bond donors (Lipinski definition) is 2. The van der Waals surface area contributed by atoms with Crippen molar-refractivity contribution < 1.29 is 19.8 Å². The van der Waals surface area contributed by atoms with Crippen LogP contribution in [0.25, 0.3) is 0 Å². The third kappa shape index (κ3) is 3.34. The molecule has 1 heterocycles. The lowest BCUT2D eigenvalue weighted by molar-refractivity contribution is -0.152. The molecule has 1 saturated carbocycles. The van der Waals surface area contributed by atoms with Gasteiger partial charge >= 0.3 is 5.97 Å². The van der Waals surface area contributed by atoms with Crippen molar-refractivity contribution in [2.24, 2.45) is 17.3 Å². The van der Waals surface area contributed by atoms with Crippen LogP contribution in [0.4, 0.5) is 0 Å². The molecule has 1 saturated heterocycles. The zero-order chi connectivity index (χ0) is 23.6. The van der Waals surface area contributed by atoms with E-state index in [4.69, 9.17) is 0 Å². The molecule has 4 rings (SSSR count). The molecule has 0 unspecified atom stereocenters. The lowest BCUT2D eigenvalue weighted by Gasteiger charge is -2.61. The largest absolute Gasteiger partial charge is 0.507 e. The number of carbonyl (C=O) groups is 2. The number of aliphatic carboxylic acids is 1. The van der Waals surface area contributed by atoms with Crippen LogP contribution in [0.3, 0.4) is 0 Å². The molecule has 1 aliphatic heterocycles. The van der Waals surface area contributed by atoms with E-state index in [2.05, 4.69) is 58.6 Å². The monoisotopic (exact) mass is 441 g/mol. The number of rotatable bonds is 2. The Hall–Kier alpha value is -2.04. The van der Waals surface area contributed by atoms with Gasteiger partial charge in [0.25, 0.3) is 0 Å². The highest BCUT2D eigenvalue weighted by Crippen LogP contribution is 2.58. The number of hydrogen-bond acceptors (Lipinski definition) is 3. The van der Waals surface area contributed by atoms with Gasteiger partial charge in [-0.2, -0.15) is 0 Å². The smallest absolute Gasteiger partial charge is 0.306 e. The SMILES string of the molecule is CC(C)(C)c1ccc2c(c1O)C[C@H]1N(C(=O)[C@H]3CC[C@@H](C(=O)O)CC3)CC[C@]2(C)C1(C)C. The van der Waals surface area contributed by atoms with E-state index in [1.54, 1.807) is 0 Å². The summed E-state index contributed by atoms with van der Waals surface area (Å²) >= 11 is 0. The number of phenolic OH excluding ortho intramolecular Hbond substituents is 1. The number of phenols is 1. The van der Waals surface area contributed by atoms with Crippen molar-refractivity contribution in [3.8, 4) is 5.75 Å². The van der Waals surface area contributed by atoms with E-state index in [1.807, 2.05) is 0 Å². The molecule has 1 aromatic carbocycles. The molecule has 1 amide bonds.